The van der Waals surface area contributed by atoms with Gasteiger partial charge in [0.05, 0.1) is 0 Å². The van der Waals surface area contributed by atoms with Gasteiger partial charge in [0.1, 0.15) is 5.69 Å². The average Bonchev–Trinajstić information content (AvgIpc) is 2.31. The number of carbonyl (C=O) groups is 1. The van der Waals surface area contributed by atoms with Crippen LogP contribution in [-0.2, 0) is 19.9 Å². The highest BCUT2D eigenvalue weighted by atomic mass is 16.4. The summed E-state index contributed by atoms with van der Waals surface area (Å²) in [5.41, 5.74) is 2.79. The number of nitrogens with zero attached hydrogens (tertiary/aromatic N) is 1. The third kappa shape index (κ3) is 1.43. The molecule has 0 aromatic carbocycles. The highest BCUT2D eigenvalue weighted by molar-refractivity contribution is 5.88. The maximum absolute atomic E-state index is 11.0. The molecule has 1 aromatic rings. The molecule has 3 heteroatoms. The Morgan fingerprint density at radius 3 is 2.79 bits per heavy atom. The molecule has 0 amide bonds. The Bertz CT molecular complexity index is 366. The number of aromatic nitrogens is 1. The van der Waals surface area contributed by atoms with Crippen LogP contribution in [-0.4, -0.2) is 15.6 Å². The Morgan fingerprint density at radius 1 is 1.36 bits per heavy atom. The largest absolute Gasteiger partial charge is 0.477 e. The molecule has 1 aromatic heterocycles. The van der Waals surface area contributed by atoms with Gasteiger partial charge in [0, 0.05) is 13.2 Å². The Labute approximate surface area is 83.4 Å². The quantitative estimate of drug-likeness (QED) is 0.693. The third-order valence-electron chi connectivity index (χ3n) is 2.95. The molecule has 0 spiro atoms. The minimum atomic E-state index is -0.796. The van der Waals surface area contributed by atoms with Crippen LogP contribution in [0.4, 0.5) is 0 Å². The van der Waals surface area contributed by atoms with E-state index in [1.807, 2.05) is 13.2 Å². The monoisotopic (exact) mass is 193 g/mol. The molecule has 1 heterocycles. The van der Waals surface area contributed by atoms with Crippen LogP contribution in [0.3, 0.4) is 0 Å². The van der Waals surface area contributed by atoms with Crippen molar-refractivity contribution in [2.75, 3.05) is 0 Å². The fraction of sp³-hybridized carbons (Fsp3) is 0.545. The number of aromatic carboxylic acids is 1. The lowest BCUT2D eigenvalue weighted by Crippen LogP contribution is -2.07. The normalized spacial score (nSPS) is 16.1. The molecule has 0 unspecified atom stereocenters. The van der Waals surface area contributed by atoms with Crippen molar-refractivity contribution in [2.24, 2.45) is 7.05 Å². The number of hydrogen-bond acceptors (Lipinski definition) is 1. The van der Waals surface area contributed by atoms with Gasteiger partial charge in [-0.15, -0.1) is 0 Å². The Morgan fingerprint density at radius 2 is 2.07 bits per heavy atom. The van der Waals surface area contributed by atoms with E-state index < -0.39 is 5.97 Å². The lowest BCUT2D eigenvalue weighted by Gasteiger charge is -2.01. The van der Waals surface area contributed by atoms with Crippen molar-refractivity contribution < 1.29 is 9.90 Å². The van der Waals surface area contributed by atoms with Gasteiger partial charge < -0.3 is 9.67 Å². The molecular weight excluding hydrogens is 178 g/mol. The van der Waals surface area contributed by atoms with Gasteiger partial charge in [-0.25, -0.2) is 4.79 Å². The van der Waals surface area contributed by atoms with E-state index in [9.17, 15) is 4.79 Å². The van der Waals surface area contributed by atoms with Crippen LogP contribution in [0.1, 0.15) is 40.9 Å². The SMILES string of the molecule is Cn1cc2c(c1C(=O)O)CCCCC2. The van der Waals surface area contributed by atoms with Crippen LogP contribution in [0.2, 0.25) is 0 Å². The summed E-state index contributed by atoms with van der Waals surface area (Å²) in [6.45, 7) is 0. The first-order chi connectivity index (χ1) is 6.70. The van der Waals surface area contributed by atoms with Crippen LogP contribution < -0.4 is 0 Å². The summed E-state index contributed by atoms with van der Waals surface area (Å²) < 4.78 is 1.75. The van der Waals surface area contributed by atoms with Crippen LogP contribution >= 0.6 is 0 Å². The lowest BCUT2D eigenvalue weighted by atomic mass is 10.1. The van der Waals surface area contributed by atoms with Crippen molar-refractivity contribution in [3.8, 4) is 0 Å². The molecule has 1 N–H and O–H groups in total. The standard InChI is InChI=1S/C11H15NO2/c1-12-7-8-5-3-2-4-6-9(8)10(12)11(13)14/h7H,2-6H2,1H3,(H,13,14). The molecule has 0 radical (unpaired) electrons. The van der Waals surface area contributed by atoms with Gasteiger partial charge >= 0.3 is 5.97 Å². The number of hydrogen-bond donors (Lipinski definition) is 1. The predicted octanol–water partition coefficient (Wildman–Crippen LogP) is 1.99. The van der Waals surface area contributed by atoms with E-state index in [2.05, 4.69) is 0 Å². The minimum Gasteiger partial charge on any atom is -0.477 e. The molecular formula is C11H15NO2. The van der Waals surface area contributed by atoms with E-state index in [0.29, 0.717) is 5.69 Å². The number of aryl methyl sites for hydroxylation is 2. The number of rotatable bonds is 1. The first-order valence-electron chi connectivity index (χ1n) is 5.10. The van der Waals surface area contributed by atoms with E-state index in [1.54, 1.807) is 4.57 Å². The highest BCUT2D eigenvalue weighted by Gasteiger charge is 2.20. The van der Waals surface area contributed by atoms with Crippen LogP contribution in [0.5, 0.6) is 0 Å². The molecule has 2 rings (SSSR count). The second-order valence-electron chi connectivity index (χ2n) is 3.96. The molecule has 0 fully saturated rings. The highest BCUT2D eigenvalue weighted by Crippen LogP contribution is 2.25. The Hall–Kier alpha value is -1.25. The van der Waals surface area contributed by atoms with E-state index in [0.717, 1.165) is 24.8 Å². The maximum atomic E-state index is 11.0. The average molecular weight is 193 g/mol. The smallest absolute Gasteiger partial charge is 0.352 e. The maximum Gasteiger partial charge on any atom is 0.352 e. The summed E-state index contributed by atoms with van der Waals surface area (Å²) in [6.07, 6.45) is 7.48. The topological polar surface area (TPSA) is 42.2 Å². The van der Waals surface area contributed by atoms with Crippen LogP contribution in [0.15, 0.2) is 6.20 Å². The summed E-state index contributed by atoms with van der Waals surface area (Å²) in [5.74, 6) is -0.796. The summed E-state index contributed by atoms with van der Waals surface area (Å²) >= 11 is 0. The van der Waals surface area contributed by atoms with Gasteiger partial charge in [0.25, 0.3) is 0 Å². The summed E-state index contributed by atoms with van der Waals surface area (Å²) in [5, 5.41) is 9.08. The van der Waals surface area contributed by atoms with Crippen LogP contribution in [0.25, 0.3) is 0 Å². The third-order valence-corrected chi connectivity index (χ3v) is 2.95. The summed E-state index contributed by atoms with van der Waals surface area (Å²) in [7, 11) is 1.82. The molecule has 1 aliphatic rings. The zero-order chi connectivity index (χ0) is 10.1. The molecule has 0 atom stereocenters. The van der Waals surface area contributed by atoms with E-state index in [-0.39, 0.29) is 0 Å². The number of carboxylic acid groups (broad SMARTS) is 1. The first-order valence-corrected chi connectivity index (χ1v) is 5.10. The molecule has 0 bridgehead atoms. The molecule has 76 valence electrons. The van der Waals surface area contributed by atoms with Gasteiger partial charge in [-0.05, 0) is 36.8 Å². The zero-order valence-electron chi connectivity index (χ0n) is 8.42. The number of fused-ring (bicyclic) bond motifs is 1. The molecule has 14 heavy (non-hydrogen) atoms. The predicted molar refractivity (Wildman–Crippen MR) is 53.6 cm³/mol. The fourth-order valence-electron chi connectivity index (χ4n) is 2.31. The first kappa shape index (κ1) is 9.31. The van der Waals surface area contributed by atoms with Crippen molar-refractivity contribution in [3.63, 3.8) is 0 Å². The summed E-state index contributed by atoms with van der Waals surface area (Å²) in [6, 6.07) is 0. The number of carboxylic acids is 1. The van der Waals surface area contributed by atoms with E-state index >= 15 is 0 Å². The Balaban J connectivity index is 2.49. The van der Waals surface area contributed by atoms with Crippen molar-refractivity contribution in [1.82, 2.24) is 4.57 Å². The molecule has 0 aliphatic heterocycles. The molecule has 0 saturated heterocycles. The minimum absolute atomic E-state index is 0.488. The van der Waals surface area contributed by atoms with Gasteiger partial charge in [-0.2, -0.15) is 0 Å². The molecule has 0 saturated carbocycles. The Kier molecular flexibility index (Phi) is 2.32. The van der Waals surface area contributed by atoms with Crippen molar-refractivity contribution in [3.05, 3.63) is 23.0 Å². The van der Waals surface area contributed by atoms with Gasteiger partial charge in [-0.1, -0.05) is 6.42 Å². The van der Waals surface area contributed by atoms with Crippen molar-refractivity contribution >= 4 is 5.97 Å². The van der Waals surface area contributed by atoms with E-state index in [4.69, 9.17) is 5.11 Å². The second-order valence-corrected chi connectivity index (χ2v) is 3.96. The van der Waals surface area contributed by atoms with Gasteiger partial charge in [-0.3, -0.25) is 0 Å². The van der Waals surface area contributed by atoms with Crippen molar-refractivity contribution in [2.45, 2.75) is 32.1 Å². The van der Waals surface area contributed by atoms with E-state index in [1.165, 1.54) is 18.4 Å². The molecule has 3 nitrogen and oxygen atoms in total. The second kappa shape index (κ2) is 3.48. The van der Waals surface area contributed by atoms with Crippen molar-refractivity contribution in [1.29, 1.82) is 0 Å². The van der Waals surface area contributed by atoms with Gasteiger partial charge in [0.15, 0.2) is 0 Å². The van der Waals surface area contributed by atoms with Crippen LogP contribution in [0, 0.1) is 0 Å². The van der Waals surface area contributed by atoms with Gasteiger partial charge in [0.2, 0.25) is 0 Å². The molecule has 1 aliphatic carbocycles. The summed E-state index contributed by atoms with van der Waals surface area (Å²) in [4.78, 5) is 11.0. The zero-order valence-corrected chi connectivity index (χ0v) is 8.42. The fourth-order valence-corrected chi connectivity index (χ4v) is 2.31. The lowest BCUT2D eigenvalue weighted by molar-refractivity contribution is 0.0685.